The largest absolute Gasteiger partial charge is 0.477 e. The maximum Gasteiger partial charge on any atom is 0.353 e. The van der Waals surface area contributed by atoms with E-state index in [1.807, 2.05) is 19.1 Å². The molecule has 1 amide bonds. The van der Waals surface area contributed by atoms with Crippen LogP contribution < -0.4 is 0 Å². The summed E-state index contributed by atoms with van der Waals surface area (Å²) >= 11 is 5.06. The van der Waals surface area contributed by atoms with E-state index in [1.54, 1.807) is 18.7 Å². The van der Waals surface area contributed by atoms with Crippen LogP contribution in [0.2, 0.25) is 0 Å². The summed E-state index contributed by atoms with van der Waals surface area (Å²) in [6.07, 6.45) is -0.767. The van der Waals surface area contributed by atoms with Gasteiger partial charge in [0.2, 0.25) is 5.91 Å². The number of halogens is 1. The third-order valence-corrected chi connectivity index (χ3v) is 8.36. The molecule has 3 aliphatic heterocycles. The smallest absolute Gasteiger partial charge is 0.353 e. The number of amides is 1. The number of carboxylic acid groups (broad SMARTS) is 1. The van der Waals surface area contributed by atoms with Gasteiger partial charge in [0.1, 0.15) is 5.70 Å². The molecule has 0 bridgehead atoms. The van der Waals surface area contributed by atoms with E-state index >= 15 is 0 Å². The zero-order valence-corrected chi connectivity index (χ0v) is 19.0. The van der Waals surface area contributed by atoms with Crippen LogP contribution in [0.25, 0.3) is 0 Å². The molecule has 5 atom stereocenters. The predicted octanol–water partition coefficient (Wildman–Crippen LogP) is 3.08. The van der Waals surface area contributed by atoms with Gasteiger partial charge in [0.25, 0.3) is 0 Å². The van der Waals surface area contributed by atoms with Gasteiger partial charge >= 0.3 is 5.97 Å². The van der Waals surface area contributed by atoms with Gasteiger partial charge in [-0.25, -0.2) is 4.79 Å². The van der Waals surface area contributed by atoms with Gasteiger partial charge in [-0.15, -0.1) is 11.8 Å². The molecule has 2 fully saturated rings. The minimum absolute atomic E-state index is 0.0682. The third kappa shape index (κ3) is 3.44. The van der Waals surface area contributed by atoms with E-state index in [4.69, 9.17) is 0 Å². The topological polar surface area (TPSA) is 81.1 Å². The van der Waals surface area contributed by atoms with E-state index in [0.29, 0.717) is 11.3 Å². The molecule has 0 spiro atoms. The zero-order chi connectivity index (χ0) is 21.0. The van der Waals surface area contributed by atoms with Crippen LogP contribution in [-0.2, 0) is 9.59 Å². The van der Waals surface area contributed by atoms with Crippen LogP contribution in [0.5, 0.6) is 0 Å². The highest BCUT2D eigenvalue weighted by atomic mass is 79.9. The number of aliphatic hydroxyl groups excluding tert-OH is 1. The maximum absolute atomic E-state index is 12.4. The van der Waals surface area contributed by atoms with E-state index < -0.39 is 18.0 Å². The molecule has 1 aromatic rings. The first-order valence-electron chi connectivity index (χ1n) is 9.85. The highest BCUT2D eigenvalue weighted by molar-refractivity contribution is 9.10. The number of hydrogen-bond acceptors (Lipinski definition) is 5. The van der Waals surface area contributed by atoms with Crippen LogP contribution in [0.1, 0.15) is 32.4 Å². The van der Waals surface area contributed by atoms with Crippen LogP contribution >= 0.6 is 27.7 Å². The summed E-state index contributed by atoms with van der Waals surface area (Å²) in [6.45, 7) is 7.51. The first kappa shape index (κ1) is 20.9. The van der Waals surface area contributed by atoms with Crippen molar-refractivity contribution in [3.8, 4) is 0 Å². The molecule has 4 rings (SSSR count). The molecule has 3 aliphatic rings. The van der Waals surface area contributed by atoms with E-state index in [1.165, 1.54) is 10.5 Å². The van der Waals surface area contributed by atoms with Crippen LogP contribution in [0.4, 0.5) is 0 Å². The van der Waals surface area contributed by atoms with Gasteiger partial charge in [0, 0.05) is 39.7 Å². The Balaban J connectivity index is 1.44. The fraction of sp³-hybridized carbons (Fsp3) is 0.524. The van der Waals surface area contributed by atoms with Crippen molar-refractivity contribution >= 4 is 39.6 Å². The lowest BCUT2D eigenvalue weighted by atomic mass is 9.79. The SMILES string of the molecule is CC(c1ccc(Br)cc1)N1CC(SC2=C(C(=O)O)N3C(=O)[C@H]([C@@H](C)O)[C@H]3[C@H]2C)C1. The monoisotopic (exact) mass is 480 g/mol. The summed E-state index contributed by atoms with van der Waals surface area (Å²) in [4.78, 5) is 28.9. The first-order valence-corrected chi connectivity index (χ1v) is 11.5. The average molecular weight is 481 g/mol. The number of aliphatic carboxylic acids is 1. The minimum Gasteiger partial charge on any atom is -0.477 e. The number of carbonyl (C=O) groups is 2. The number of fused-ring (bicyclic) bond motifs is 1. The molecular weight excluding hydrogens is 456 g/mol. The van der Waals surface area contributed by atoms with Crippen molar-refractivity contribution in [3.63, 3.8) is 0 Å². The Hall–Kier alpha value is -1.35. The molecule has 156 valence electrons. The molecule has 6 nitrogen and oxygen atoms in total. The zero-order valence-electron chi connectivity index (χ0n) is 16.6. The number of likely N-dealkylation sites (tertiary alicyclic amines) is 1. The van der Waals surface area contributed by atoms with E-state index in [2.05, 4.69) is 39.9 Å². The maximum atomic E-state index is 12.4. The number of rotatable bonds is 6. The second-order valence-corrected chi connectivity index (χ2v) is 10.5. The fourth-order valence-corrected chi connectivity index (χ4v) is 6.48. The van der Waals surface area contributed by atoms with Crippen LogP contribution in [0, 0.1) is 11.8 Å². The summed E-state index contributed by atoms with van der Waals surface area (Å²) in [6, 6.07) is 8.38. The number of β-lactam (4-membered cyclic amide) rings is 1. The van der Waals surface area contributed by atoms with Crippen LogP contribution in [0.15, 0.2) is 39.3 Å². The van der Waals surface area contributed by atoms with Crippen LogP contribution in [0.3, 0.4) is 0 Å². The quantitative estimate of drug-likeness (QED) is 0.608. The normalized spacial score (nSPS) is 29.3. The highest BCUT2D eigenvalue weighted by Gasteiger charge is 2.60. The molecular formula is C21H25BrN2O4S. The molecule has 8 heteroatoms. The molecule has 29 heavy (non-hydrogen) atoms. The Bertz CT molecular complexity index is 866. The molecule has 0 radical (unpaired) electrons. The molecule has 1 unspecified atom stereocenters. The second-order valence-electron chi connectivity index (χ2n) is 8.19. The second kappa shape index (κ2) is 7.72. The van der Waals surface area contributed by atoms with Gasteiger partial charge in [-0.2, -0.15) is 0 Å². The molecule has 1 aromatic carbocycles. The number of hydrogen-bond donors (Lipinski definition) is 2. The van der Waals surface area contributed by atoms with Crippen molar-refractivity contribution in [2.24, 2.45) is 11.8 Å². The molecule has 0 aliphatic carbocycles. The number of aliphatic hydroxyl groups is 1. The lowest BCUT2D eigenvalue weighted by Gasteiger charge is -2.46. The van der Waals surface area contributed by atoms with Crippen LogP contribution in [-0.4, -0.2) is 62.4 Å². The highest BCUT2D eigenvalue weighted by Crippen LogP contribution is 2.52. The van der Waals surface area contributed by atoms with Crippen molar-refractivity contribution < 1.29 is 19.8 Å². The molecule has 3 heterocycles. The predicted molar refractivity (Wildman–Crippen MR) is 115 cm³/mol. The van der Waals surface area contributed by atoms with E-state index in [-0.39, 0.29) is 23.6 Å². The molecule has 2 saturated heterocycles. The standard InChI is InChI=1S/C21H25BrN2O4S/c1-10-17-16(12(3)25)20(26)24(17)18(21(27)28)19(10)29-15-8-23(9-15)11(2)13-4-6-14(22)7-5-13/h4-7,10-12,15-17,25H,8-9H2,1-3H3,(H,27,28)/t10-,11?,12-,16-,17-/m1/s1. The average Bonchev–Trinajstić information content (AvgIpc) is 2.86. The van der Waals surface area contributed by atoms with Gasteiger partial charge in [0.15, 0.2) is 0 Å². The van der Waals surface area contributed by atoms with Gasteiger partial charge < -0.3 is 15.1 Å². The molecule has 0 aromatic heterocycles. The van der Waals surface area contributed by atoms with Crippen molar-refractivity contribution in [1.82, 2.24) is 9.80 Å². The molecule has 2 N–H and O–H groups in total. The molecule has 0 saturated carbocycles. The first-order chi connectivity index (χ1) is 13.7. The number of carbonyl (C=O) groups excluding carboxylic acids is 1. The number of benzene rings is 1. The lowest BCUT2D eigenvalue weighted by Crippen LogP contribution is -2.63. The van der Waals surface area contributed by atoms with Gasteiger partial charge in [-0.3, -0.25) is 9.69 Å². The summed E-state index contributed by atoms with van der Waals surface area (Å²) in [7, 11) is 0. The Morgan fingerprint density at radius 2 is 1.86 bits per heavy atom. The van der Waals surface area contributed by atoms with Gasteiger partial charge in [-0.1, -0.05) is 35.0 Å². The summed E-state index contributed by atoms with van der Waals surface area (Å²) < 4.78 is 1.06. The Kier molecular flexibility index (Phi) is 5.57. The van der Waals surface area contributed by atoms with Gasteiger partial charge in [-0.05, 0) is 31.5 Å². The number of nitrogens with zero attached hydrogens (tertiary/aromatic N) is 2. The minimum atomic E-state index is -1.06. The summed E-state index contributed by atoms with van der Waals surface area (Å²) in [5.41, 5.74) is 1.37. The summed E-state index contributed by atoms with van der Waals surface area (Å²) in [5, 5.41) is 20.0. The Morgan fingerprint density at radius 3 is 2.41 bits per heavy atom. The summed E-state index contributed by atoms with van der Waals surface area (Å²) in [5.74, 6) is -1.91. The van der Waals surface area contributed by atoms with Gasteiger partial charge in [0.05, 0.1) is 18.1 Å². The van der Waals surface area contributed by atoms with E-state index in [0.717, 1.165) is 22.5 Å². The van der Waals surface area contributed by atoms with Crippen molar-refractivity contribution in [2.45, 2.75) is 44.2 Å². The van der Waals surface area contributed by atoms with Crippen molar-refractivity contribution in [2.75, 3.05) is 13.1 Å². The fourth-order valence-electron chi connectivity index (χ4n) is 4.67. The third-order valence-electron chi connectivity index (χ3n) is 6.38. The van der Waals surface area contributed by atoms with E-state index in [9.17, 15) is 19.8 Å². The number of thioether (sulfide) groups is 1. The number of carboxylic acids is 1. The lowest BCUT2D eigenvalue weighted by molar-refractivity contribution is -0.163. The Morgan fingerprint density at radius 1 is 1.24 bits per heavy atom. The van der Waals surface area contributed by atoms with Crippen molar-refractivity contribution in [3.05, 3.63) is 44.9 Å². The Labute approximate surface area is 183 Å². The van der Waals surface area contributed by atoms with Crippen molar-refractivity contribution in [1.29, 1.82) is 0 Å².